The summed E-state index contributed by atoms with van der Waals surface area (Å²) in [5.74, 6) is 0. The van der Waals surface area contributed by atoms with Crippen LogP contribution in [0.1, 0.15) is 0 Å². The molecule has 5 heteroatoms. The van der Waals surface area contributed by atoms with E-state index in [0.29, 0.717) is 0 Å². The quantitative estimate of drug-likeness (QED) is 0.165. The molecule has 0 saturated carbocycles. The number of fused-ring (bicyclic) bond motifs is 15. The van der Waals surface area contributed by atoms with Gasteiger partial charge in [0.25, 0.3) is 0 Å². The van der Waals surface area contributed by atoms with Gasteiger partial charge in [0.2, 0.25) is 6.71 Å². The highest BCUT2D eigenvalue weighted by Crippen LogP contribution is 2.42. The van der Waals surface area contributed by atoms with Gasteiger partial charge in [-0.15, -0.1) is 11.3 Å². The minimum absolute atomic E-state index is 0.185. The van der Waals surface area contributed by atoms with E-state index in [0.717, 1.165) is 49.6 Å². The lowest BCUT2D eigenvalue weighted by atomic mass is 9.39. The Morgan fingerprint density at radius 1 is 0.338 bits per heavy atom. The third-order valence-electron chi connectivity index (χ3n) is 14.1. The lowest BCUT2D eigenvalue weighted by molar-refractivity contribution is 0.668. The predicted molar refractivity (Wildman–Crippen MR) is 276 cm³/mol. The van der Waals surface area contributed by atoms with Gasteiger partial charge in [0, 0.05) is 58.2 Å². The summed E-state index contributed by atoms with van der Waals surface area (Å²) in [4.78, 5) is 0. The number of hydrogen-bond donors (Lipinski definition) is 0. The number of furan rings is 2. The number of nitrogens with zero attached hydrogens (tertiary/aromatic N) is 1. The normalized spacial score (nSPS) is 12.6. The Hall–Kier alpha value is -8.12. The zero-order valence-corrected chi connectivity index (χ0v) is 35.7. The number of benzene rings is 10. The Labute approximate surface area is 377 Å². The Morgan fingerprint density at radius 3 is 1.34 bits per heavy atom. The summed E-state index contributed by atoms with van der Waals surface area (Å²) < 4.78 is 17.9. The van der Waals surface area contributed by atoms with Gasteiger partial charge in [-0.25, -0.2) is 0 Å². The average Bonchev–Trinajstić information content (AvgIpc) is 4.17. The van der Waals surface area contributed by atoms with E-state index in [9.17, 15) is 0 Å². The van der Waals surface area contributed by atoms with Crippen molar-refractivity contribution in [1.82, 2.24) is 4.57 Å². The molecule has 0 amide bonds. The first-order chi connectivity index (χ1) is 32.2. The minimum atomic E-state index is 0.185. The van der Waals surface area contributed by atoms with E-state index in [1.807, 2.05) is 11.3 Å². The molecule has 0 fully saturated rings. The van der Waals surface area contributed by atoms with Crippen LogP contribution in [-0.2, 0) is 0 Å². The standard InChI is InChI=1S/C60H34BNO2S/c1-5-13-51-41(9-1)42-10-2-6-14-52(42)61(51)39-21-25-57-47(33-39)45-29-35(17-23-55(45)63-57)37-19-27-59-49(31-37)50-32-38(20-28-60(50)65-59)36-18-24-56-46(30-36)48-34-40(22-26-58(48)64-56)62-53-15-7-3-11-43(53)44-12-4-8-16-54(44)62/h1-34H. The number of rotatable bonds is 4. The molecule has 0 saturated heterocycles. The number of para-hydroxylation sites is 2. The van der Waals surface area contributed by atoms with Gasteiger partial charge in [0.1, 0.15) is 22.3 Å². The van der Waals surface area contributed by atoms with Crippen molar-refractivity contribution in [2.24, 2.45) is 0 Å². The van der Waals surface area contributed by atoms with Crippen LogP contribution in [0.5, 0.6) is 0 Å². The van der Waals surface area contributed by atoms with E-state index in [1.54, 1.807) is 0 Å². The van der Waals surface area contributed by atoms with Gasteiger partial charge < -0.3 is 13.4 Å². The van der Waals surface area contributed by atoms with Crippen molar-refractivity contribution in [2.75, 3.05) is 0 Å². The van der Waals surface area contributed by atoms with Crippen molar-refractivity contribution in [3.05, 3.63) is 206 Å². The van der Waals surface area contributed by atoms with Gasteiger partial charge in [-0.3, -0.25) is 0 Å². The van der Waals surface area contributed by atoms with Crippen LogP contribution >= 0.6 is 11.3 Å². The highest BCUT2D eigenvalue weighted by atomic mass is 32.1. The number of aromatic nitrogens is 1. The molecule has 0 aliphatic carbocycles. The summed E-state index contributed by atoms with van der Waals surface area (Å²) >= 11 is 1.85. The maximum absolute atomic E-state index is 6.46. The third-order valence-corrected chi connectivity index (χ3v) is 15.2. The monoisotopic (exact) mass is 843 g/mol. The van der Waals surface area contributed by atoms with Crippen molar-refractivity contribution in [2.45, 2.75) is 0 Å². The lowest BCUT2D eigenvalue weighted by Gasteiger charge is -2.11. The van der Waals surface area contributed by atoms with E-state index < -0.39 is 0 Å². The third kappa shape index (κ3) is 5.13. The van der Waals surface area contributed by atoms with Crippen LogP contribution in [0.4, 0.5) is 0 Å². The van der Waals surface area contributed by atoms with Crippen LogP contribution < -0.4 is 16.4 Å². The molecule has 0 atom stereocenters. The molecular formula is C60H34BNO2S. The predicted octanol–water partition coefficient (Wildman–Crippen LogP) is 14.8. The molecule has 0 N–H and O–H groups in total. The molecule has 1 aliphatic heterocycles. The maximum Gasteiger partial charge on any atom is 0.242 e. The Bertz CT molecular complexity index is 4240. The SMILES string of the molecule is c1ccc2c(c1)B(c1ccc3oc4ccc(-c5ccc6sc7ccc(-c8ccc9oc%10ccc(-n%11c%12ccccc%12c%12ccccc%12%11)cc%10c9c8)cc7c6c5)cc4c3c1)c1ccccc1-2. The minimum Gasteiger partial charge on any atom is -0.456 e. The maximum atomic E-state index is 6.46. The molecule has 1 aliphatic rings. The smallest absolute Gasteiger partial charge is 0.242 e. The van der Waals surface area contributed by atoms with Gasteiger partial charge >= 0.3 is 0 Å². The van der Waals surface area contributed by atoms with Crippen molar-refractivity contribution < 1.29 is 8.83 Å². The molecule has 3 nitrogen and oxygen atoms in total. The average molecular weight is 844 g/mol. The highest BCUT2D eigenvalue weighted by molar-refractivity contribution is 7.25. The summed E-state index contributed by atoms with van der Waals surface area (Å²) in [5.41, 5.74) is 18.5. The molecule has 10 aromatic carbocycles. The summed E-state index contributed by atoms with van der Waals surface area (Å²) in [5, 5.41) is 9.57. The molecule has 0 spiro atoms. The fraction of sp³-hybridized carbons (Fsp3) is 0. The first-order valence-corrected chi connectivity index (χ1v) is 23.1. The first-order valence-electron chi connectivity index (χ1n) is 22.2. The van der Waals surface area contributed by atoms with Crippen molar-refractivity contribution in [3.8, 4) is 39.1 Å². The molecule has 4 aromatic heterocycles. The second-order valence-corrected chi connectivity index (χ2v) is 18.6. The van der Waals surface area contributed by atoms with Crippen LogP contribution in [0.25, 0.3) is 125 Å². The molecule has 5 heterocycles. The Balaban J connectivity index is 0.818. The van der Waals surface area contributed by atoms with Gasteiger partial charge in [0.15, 0.2) is 0 Å². The summed E-state index contributed by atoms with van der Waals surface area (Å²) in [6.07, 6.45) is 0. The molecule has 0 radical (unpaired) electrons. The first kappa shape index (κ1) is 35.4. The number of thiophene rings is 1. The molecule has 65 heavy (non-hydrogen) atoms. The lowest BCUT2D eigenvalue weighted by Crippen LogP contribution is -2.48. The fourth-order valence-electron chi connectivity index (χ4n) is 11.1. The zero-order valence-electron chi connectivity index (χ0n) is 34.9. The second kappa shape index (κ2) is 13.2. The van der Waals surface area contributed by atoms with Gasteiger partial charge in [-0.2, -0.15) is 0 Å². The van der Waals surface area contributed by atoms with E-state index >= 15 is 0 Å². The van der Waals surface area contributed by atoms with E-state index in [-0.39, 0.29) is 6.71 Å². The largest absolute Gasteiger partial charge is 0.456 e. The van der Waals surface area contributed by atoms with Gasteiger partial charge in [-0.1, -0.05) is 138 Å². The van der Waals surface area contributed by atoms with E-state index in [1.165, 1.54) is 91.7 Å². The molecular weight excluding hydrogens is 810 g/mol. The van der Waals surface area contributed by atoms with Crippen LogP contribution in [0.2, 0.25) is 0 Å². The van der Waals surface area contributed by atoms with Crippen LogP contribution in [0.15, 0.2) is 215 Å². The fourth-order valence-corrected chi connectivity index (χ4v) is 12.2. The van der Waals surface area contributed by atoms with Crippen molar-refractivity contribution >= 4 is 120 Å². The molecule has 0 bridgehead atoms. The summed E-state index contributed by atoms with van der Waals surface area (Å²) in [7, 11) is 0. The molecule has 300 valence electrons. The number of hydrogen-bond acceptors (Lipinski definition) is 3. The van der Waals surface area contributed by atoms with Crippen molar-refractivity contribution in [3.63, 3.8) is 0 Å². The summed E-state index contributed by atoms with van der Waals surface area (Å²) in [6.45, 7) is 0.185. The van der Waals surface area contributed by atoms with E-state index in [4.69, 9.17) is 8.83 Å². The Morgan fingerprint density at radius 2 is 0.769 bits per heavy atom. The van der Waals surface area contributed by atoms with E-state index in [2.05, 4.69) is 211 Å². The second-order valence-electron chi connectivity index (χ2n) is 17.6. The molecule has 15 rings (SSSR count). The Kier molecular flexibility index (Phi) is 7.19. The zero-order chi connectivity index (χ0) is 42.3. The topological polar surface area (TPSA) is 31.2 Å². The van der Waals surface area contributed by atoms with Crippen molar-refractivity contribution in [1.29, 1.82) is 0 Å². The van der Waals surface area contributed by atoms with Gasteiger partial charge in [-0.05, 0) is 118 Å². The van der Waals surface area contributed by atoms with Crippen LogP contribution in [0, 0.1) is 0 Å². The van der Waals surface area contributed by atoms with Crippen LogP contribution in [-0.4, -0.2) is 11.3 Å². The molecule has 0 unspecified atom stereocenters. The van der Waals surface area contributed by atoms with Crippen LogP contribution in [0.3, 0.4) is 0 Å². The van der Waals surface area contributed by atoms with Gasteiger partial charge in [0.05, 0.1) is 11.0 Å². The highest BCUT2D eigenvalue weighted by Gasteiger charge is 2.33. The molecule has 14 aromatic rings. The summed E-state index contributed by atoms with van der Waals surface area (Å²) in [6, 6.07) is 75.5.